The van der Waals surface area contributed by atoms with Crippen molar-refractivity contribution in [2.45, 2.75) is 13.8 Å². The minimum absolute atomic E-state index is 0.615. The zero-order chi connectivity index (χ0) is 38.7. The first-order valence-corrected chi connectivity index (χ1v) is 20.4. The van der Waals surface area contributed by atoms with Gasteiger partial charge >= 0.3 is 0 Å². The van der Waals surface area contributed by atoms with Gasteiger partial charge in [0.1, 0.15) is 0 Å². The van der Waals surface area contributed by atoms with E-state index < -0.39 is 0 Å². The smallest absolute Gasteiger partial charge is 0.166 e. The highest BCUT2D eigenvalue weighted by Gasteiger charge is 2.21. The lowest BCUT2D eigenvalue weighted by Gasteiger charge is -2.17. The molecule has 0 bridgehead atoms. The highest BCUT2D eigenvalue weighted by atomic mass is 32.1. The minimum Gasteiger partial charge on any atom is -0.308 e. The quantitative estimate of drug-likeness (QED) is 0.169. The number of thiophene rings is 1. The van der Waals surface area contributed by atoms with Crippen LogP contribution in [0.25, 0.3) is 104 Å². The third-order valence-corrected chi connectivity index (χ3v) is 12.4. The molecule has 0 spiro atoms. The average Bonchev–Trinajstić information content (AvgIpc) is 3.81. The molecule has 3 aromatic heterocycles. The Bertz CT molecular complexity index is 3300. The van der Waals surface area contributed by atoms with Crippen LogP contribution in [0.1, 0.15) is 11.1 Å². The maximum Gasteiger partial charge on any atom is 0.166 e. The van der Waals surface area contributed by atoms with E-state index in [9.17, 15) is 0 Å². The molecule has 4 nitrogen and oxygen atoms in total. The zero-order valence-corrected chi connectivity index (χ0v) is 32.8. The number of hydrogen-bond acceptors (Lipinski definition) is 4. The summed E-state index contributed by atoms with van der Waals surface area (Å²) in [5, 5.41) is 4.97. The van der Waals surface area contributed by atoms with E-state index in [-0.39, 0.29) is 0 Å². The largest absolute Gasteiger partial charge is 0.308 e. The second kappa shape index (κ2) is 13.8. The van der Waals surface area contributed by atoms with Crippen LogP contribution >= 0.6 is 11.3 Å². The molecule has 274 valence electrons. The molecule has 0 radical (unpaired) electrons. The third-order valence-electron chi connectivity index (χ3n) is 11.3. The molecule has 0 aliphatic carbocycles. The summed E-state index contributed by atoms with van der Waals surface area (Å²) in [5.74, 6) is 1.88. The molecule has 0 aliphatic rings. The Hall–Kier alpha value is -7.21. The Labute approximate surface area is 340 Å². The summed E-state index contributed by atoms with van der Waals surface area (Å²) >= 11 is 1.84. The molecule has 8 aromatic carbocycles. The molecule has 0 unspecified atom stereocenters. The summed E-state index contributed by atoms with van der Waals surface area (Å²) in [6, 6.07) is 65.0. The van der Waals surface area contributed by atoms with E-state index in [4.69, 9.17) is 15.0 Å². The number of para-hydroxylation sites is 1. The number of aromatic nitrogens is 4. The van der Waals surface area contributed by atoms with Gasteiger partial charge in [-0.05, 0) is 78.1 Å². The highest BCUT2D eigenvalue weighted by molar-refractivity contribution is 7.25. The monoisotopic (exact) mass is 760 g/mol. The van der Waals surface area contributed by atoms with E-state index >= 15 is 0 Å². The minimum atomic E-state index is 0.615. The molecular weight excluding hydrogens is 725 g/mol. The highest BCUT2D eigenvalue weighted by Crippen LogP contribution is 2.41. The Balaban J connectivity index is 1.20. The number of rotatable bonds is 6. The van der Waals surface area contributed by atoms with Gasteiger partial charge in [-0.1, -0.05) is 151 Å². The molecule has 0 aliphatic heterocycles. The summed E-state index contributed by atoms with van der Waals surface area (Å²) in [6.07, 6.45) is 0. The normalized spacial score (nSPS) is 11.6. The lowest BCUT2D eigenvalue weighted by Crippen LogP contribution is -2.04. The summed E-state index contributed by atoms with van der Waals surface area (Å²) < 4.78 is 4.97. The molecular formula is C53H36N4S. The molecule has 58 heavy (non-hydrogen) atoms. The molecule has 3 heterocycles. The van der Waals surface area contributed by atoms with Crippen LogP contribution in [0.3, 0.4) is 0 Å². The van der Waals surface area contributed by atoms with Gasteiger partial charge in [0.2, 0.25) is 0 Å². The molecule has 0 saturated heterocycles. The fraction of sp³-hybridized carbons (Fsp3) is 0.0377. The average molecular weight is 761 g/mol. The molecule has 5 heteroatoms. The Kier molecular flexibility index (Phi) is 8.09. The van der Waals surface area contributed by atoms with Crippen LogP contribution in [0.2, 0.25) is 0 Å². The van der Waals surface area contributed by atoms with Crippen molar-refractivity contribution in [1.29, 1.82) is 0 Å². The second-order valence-electron chi connectivity index (χ2n) is 15.0. The van der Waals surface area contributed by atoms with Gasteiger partial charge in [-0.25, -0.2) is 15.0 Å². The van der Waals surface area contributed by atoms with E-state index in [0.29, 0.717) is 17.5 Å². The number of aryl methyl sites for hydroxylation is 2. The van der Waals surface area contributed by atoms with Gasteiger partial charge in [0.15, 0.2) is 17.5 Å². The summed E-state index contributed by atoms with van der Waals surface area (Å²) in [7, 11) is 0. The van der Waals surface area contributed by atoms with Gasteiger partial charge in [0.05, 0.1) is 16.7 Å². The number of fused-ring (bicyclic) bond motifs is 6. The molecule has 0 saturated carbocycles. The molecule has 11 aromatic rings. The van der Waals surface area contributed by atoms with Gasteiger partial charge in [0.25, 0.3) is 0 Å². The van der Waals surface area contributed by atoms with Crippen LogP contribution < -0.4 is 0 Å². The zero-order valence-electron chi connectivity index (χ0n) is 32.0. The van der Waals surface area contributed by atoms with E-state index in [0.717, 1.165) is 44.5 Å². The fourth-order valence-electron chi connectivity index (χ4n) is 8.46. The lowest BCUT2D eigenvalue weighted by atomic mass is 9.97. The first-order chi connectivity index (χ1) is 28.6. The summed E-state index contributed by atoms with van der Waals surface area (Å²) in [6.45, 7) is 4.35. The first-order valence-electron chi connectivity index (χ1n) is 19.6. The van der Waals surface area contributed by atoms with Crippen molar-refractivity contribution in [2.75, 3.05) is 0 Å². The van der Waals surface area contributed by atoms with Crippen molar-refractivity contribution in [3.05, 3.63) is 193 Å². The van der Waals surface area contributed by atoms with Crippen LogP contribution in [-0.2, 0) is 0 Å². The molecule has 11 rings (SSSR count). The van der Waals surface area contributed by atoms with Gasteiger partial charge in [-0.15, -0.1) is 11.3 Å². The van der Waals surface area contributed by atoms with E-state index in [1.807, 2.05) is 47.7 Å². The summed E-state index contributed by atoms with van der Waals surface area (Å²) in [5.41, 5.74) is 13.2. The van der Waals surface area contributed by atoms with Gasteiger partial charge < -0.3 is 4.57 Å². The topological polar surface area (TPSA) is 43.6 Å². The second-order valence-corrected chi connectivity index (χ2v) is 16.1. The van der Waals surface area contributed by atoms with Crippen molar-refractivity contribution in [3.63, 3.8) is 0 Å². The van der Waals surface area contributed by atoms with E-state index in [1.54, 1.807) is 0 Å². The van der Waals surface area contributed by atoms with Crippen LogP contribution in [-0.4, -0.2) is 19.5 Å². The number of benzene rings is 8. The van der Waals surface area contributed by atoms with Gasteiger partial charge in [-0.2, -0.15) is 0 Å². The van der Waals surface area contributed by atoms with Gasteiger partial charge in [-0.3, -0.25) is 0 Å². The third kappa shape index (κ3) is 5.78. The Morgan fingerprint density at radius 3 is 1.72 bits per heavy atom. The van der Waals surface area contributed by atoms with Crippen LogP contribution in [0.4, 0.5) is 0 Å². The SMILES string of the molecule is Cc1ccc(-c2ccc3c4ccccc4n(-c4ccc(-c5ccc6c(c5)sc5ccccc56)cc4-c4nc(-c5ccccc5)nc(-c5ccccc5)n4)c3c2)c(C)c1. The fourth-order valence-corrected chi connectivity index (χ4v) is 9.60. The van der Waals surface area contributed by atoms with Crippen molar-refractivity contribution in [2.24, 2.45) is 0 Å². The van der Waals surface area contributed by atoms with Crippen molar-refractivity contribution in [3.8, 4) is 62.1 Å². The van der Waals surface area contributed by atoms with Crippen LogP contribution in [0.5, 0.6) is 0 Å². The maximum atomic E-state index is 5.30. The first kappa shape index (κ1) is 34.1. The van der Waals surface area contributed by atoms with Crippen LogP contribution in [0.15, 0.2) is 182 Å². The predicted molar refractivity (Wildman–Crippen MR) is 244 cm³/mol. The van der Waals surface area contributed by atoms with Gasteiger partial charge in [0, 0.05) is 47.6 Å². The van der Waals surface area contributed by atoms with E-state index in [2.05, 4.69) is 164 Å². The molecule has 0 N–H and O–H groups in total. The molecule has 0 atom stereocenters. The van der Waals surface area contributed by atoms with E-state index in [1.165, 1.54) is 53.2 Å². The number of hydrogen-bond donors (Lipinski definition) is 0. The molecule has 0 fully saturated rings. The Morgan fingerprint density at radius 1 is 0.379 bits per heavy atom. The molecule has 0 amide bonds. The van der Waals surface area contributed by atoms with Crippen LogP contribution in [0, 0.1) is 13.8 Å². The van der Waals surface area contributed by atoms with Crippen molar-refractivity contribution in [1.82, 2.24) is 19.5 Å². The maximum absolute atomic E-state index is 5.30. The number of nitrogens with zero attached hydrogens (tertiary/aromatic N) is 4. The van der Waals surface area contributed by atoms with Crippen molar-refractivity contribution >= 4 is 53.3 Å². The summed E-state index contributed by atoms with van der Waals surface area (Å²) in [4.78, 5) is 15.6. The standard InChI is InChI=1S/C53H36N4S/c1-33-21-25-40(34(2)29-33)39-23-26-42-41-17-9-11-19-46(41)57(48(42)31-39)47-28-24-37(38-22-27-44-43-18-10-12-20-49(43)58-50(44)32-38)30-45(47)53-55-51(35-13-5-3-6-14-35)54-52(56-53)36-15-7-4-8-16-36/h3-32H,1-2H3. The predicted octanol–water partition coefficient (Wildman–Crippen LogP) is 14.3. The lowest BCUT2D eigenvalue weighted by molar-refractivity contribution is 1.06. The van der Waals surface area contributed by atoms with Crippen molar-refractivity contribution < 1.29 is 0 Å². The Morgan fingerprint density at radius 2 is 0.966 bits per heavy atom.